The van der Waals surface area contributed by atoms with E-state index in [9.17, 15) is 27.2 Å². The zero-order valence-corrected chi connectivity index (χ0v) is 16.5. The first-order valence-electron chi connectivity index (χ1n) is 9.17. The highest BCUT2D eigenvalue weighted by atomic mass is 35.5. The van der Waals surface area contributed by atoms with Crippen LogP contribution in [0, 0.1) is 11.6 Å². The summed E-state index contributed by atoms with van der Waals surface area (Å²) in [5.74, 6) is -6.48. The van der Waals surface area contributed by atoms with Gasteiger partial charge in [-0.15, -0.1) is 0 Å². The third-order valence-corrected chi connectivity index (χ3v) is 5.12. The minimum Gasteiger partial charge on any atom is -0.339 e. The number of aromatic amines is 1. The van der Waals surface area contributed by atoms with Crippen LogP contribution in [0.15, 0.2) is 36.5 Å². The lowest BCUT2D eigenvalue weighted by molar-refractivity contribution is -0.167. The maximum absolute atomic E-state index is 14.1. The number of halogens is 5. The minimum absolute atomic E-state index is 0.0190. The molecule has 2 N–H and O–H groups in total. The molecule has 162 valence electrons. The number of amides is 2. The summed E-state index contributed by atoms with van der Waals surface area (Å²) in [4.78, 5) is 33.0. The molecule has 1 aromatic carbocycles. The fourth-order valence-electron chi connectivity index (χ4n) is 3.37. The molecule has 0 bridgehead atoms. The van der Waals surface area contributed by atoms with Crippen LogP contribution in [0.5, 0.6) is 0 Å². The van der Waals surface area contributed by atoms with Crippen molar-refractivity contribution in [2.75, 3.05) is 13.1 Å². The van der Waals surface area contributed by atoms with Gasteiger partial charge in [0.1, 0.15) is 29.0 Å². The molecule has 0 saturated carbocycles. The van der Waals surface area contributed by atoms with E-state index in [0.717, 1.165) is 23.1 Å². The van der Waals surface area contributed by atoms with E-state index in [1.165, 1.54) is 12.3 Å². The third-order valence-electron chi connectivity index (χ3n) is 4.91. The van der Waals surface area contributed by atoms with E-state index >= 15 is 0 Å². The molecule has 1 fully saturated rings. The predicted molar refractivity (Wildman–Crippen MR) is 104 cm³/mol. The molecule has 1 saturated heterocycles. The summed E-state index contributed by atoms with van der Waals surface area (Å²) in [5, 5.41) is 3.27. The molecular weight excluding hydrogens is 440 g/mol. The van der Waals surface area contributed by atoms with Crippen LogP contribution in [0.1, 0.15) is 16.1 Å². The number of hydrogen-bond donors (Lipinski definition) is 2. The number of H-pyrrole nitrogens is 1. The Kier molecular flexibility index (Phi) is 5.34. The van der Waals surface area contributed by atoms with Crippen molar-refractivity contribution in [3.05, 3.63) is 64.4 Å². The van der Waals surface area contributed by atoms with E-state index in [2.05, 4.69) is 15.3 Å². The summed E-state index contributed by atoms with van der Waals surface area (Å²) < 4.78 is 54.7. The zero-order chi connectivity index (χ0) is 22.3. The molecule has 11 heteroatoms. The van der Waals surface area contributed by atoms with Gasteiger partial charge in [0.2, 0.25) is 5.91 Å². The normalized spacial score (nSPS) is 16.1. The first-order valence-corrected chi connectivity index (χ1v) is 9.55. The zero-order valence-electron chi connectivity index (χ0n) is 15.8. The van der Waals surface area contributed by atoms with Gasteiger partial charge in [-0.05, 0) is 24.3 Å². The number of aromatic nitrogens is 2. The SMILES string of the molecule is O=C(N[C@@H](Cc1c(F)cccc1F)C(=O)N1CC(F)(F)C1)c1cc2cc(Cl)cnc2[nH]1. The van der Waals surface area contributed by atoms with Gasteiger partial charge in [-0.2, -0.15) is 0 Å². The molecule has 4 rings (SSSR count). The molecule has 1 aliphatic heterocycles. The number of alkyl halides is 2. The second-order valence-corrected chi connectivity index (χ2v) is 7.69. The molecule has 6 nitrogen and oxygen atoms in total. The van der Waals surface area contributed by atoms with E-state index in [4.69, 9.17) is 11.6 Å². The van der Waals surface area contributed by atoms with Gasteiger partial charge in [0.05, 0.1) is 18.1 Å². The molecule has 0 aliphatic carbocycles. The fourth-order valence-corrected chi connectivity index (χ4v) is 3.53. The highest BCUT2D eigenvalue weighted by Crippen LogP contribution is 2.28. The second-order valence-electron chi connectivity index (χ2n) is 7.26. The van der Waals surface area contributed by atoms with Gasteiger partial charge in [-0.1, -0.05) is 17.7 Å². The Morgan fingerprint density at radius 3 is 2.55 bits per heavy atom. The third kappa shape index (κ3) is 4.34. The fraction of sp³-hybridized carbons (Fsp3) is 0.250. The van der Waals surface area contributed by atoms with Crippen LogP contribution < -0.4 is 5.32 Å². The smallest absolute Gasteiger partial charge is 0.282 e. The van der Waals surface area contributed by atoms with Crippen molar-refractivity contribution in [1.29, 1.82) is 0 Å². The highest BCUT2D eigenvalue weighted by molar-refractivity contribution is 6.31. The lowest BCUT2D eigenvalue weighted by Crippen LogP contribution is -2.63. The van der Waals surface area contributed by atoms with Gasteiger partial charge in [-0.3, -0.25) is 9.59 Å². The van der Waals surface area contributed by atoms with Crippen LogP contribution in [0.3, 0.4) is 0 Å². The first-order chi connectivity index (χ1) is 14.6. The molecule has 1 atom stereocenters. The van der Waals surface area contributed by atoms with E-state index in [1.807, 2.05) is 0 Å². The average molecular weight is 455 g/mol. The van der Waals surface area contributed by atoms with Crippen molar-refractivity contribution in [1.82, 2.24) is 20.2 Å². The molecule has 3 aromatic rings. The number of nitrogens with zero attached hydrogens (tertiary/aromatic N) is 2. The molecule has 0 radical (unpaired) electrons. The Morgan fingerprint density at radius 1 is 1.23 bits per heavy atom. The summed E-state index contributed by atoms with van der Waals surface area (Å²) >= 11 is 5.87. The Bertz CT molecular complexity index is 1150. The van der Waals surface area contributed by atoms with Gasteiger partial charge in [0, 0.05) is 23.6 Å². The predicted octanol–water partition coefficient (Wildman–Crippen LogP) is 3.31. The molecule has 31 heavy (non-hydrogen) atoms. The number of carbonyl (C=O) groups excluding carboxylic acids is 2. The van der Waals surface area contributed by atoms with Crippen molar-refractivity contribution in [2.45, 2.75) is 18.4 Å². The van der Waals surface area contributed by atoms with E-state index in [1.54, 1.807) is 6.07 Å². The van der Waals surface area contributed by atoms with Crippen LogP contribution in [0.4, 0.5) is 17.6 Å². The molecule has 3 heterocycles. The van der Waals surface area contributed by atoms with Crippen LogP contribution in [0.25, 0.3) is 11.0 Å². The Morgan fingerprint density at radius 2 is 1.90 bits per heavy atom. The van der Waals surface area contributed by atoms with Crippen molar-refractivity contribution < 1.29 is 27.2 Å². The van der Waals surface area contributed by atoms with E-state index in [-0.39, 0.29) is 5.69 Å². The standard InChI is InChI=1S/C20H15ClF4N4O2/c21-11-4-10-5-15(27-17(10)26-7-11)18(30)28-16(19(31)29-8-20(24,25)9-29)6-12-13(22)2-1-3-14(12)23/h1-5,7,16H,6,8-9H2,(H,26,27)(H,28,30)/t16-/m0/s1. The largest absolute Gasteiger partial charge is 0.339 e. The summed E-state index contributed by atoms with van der Waals surface area (Å²) in [6.45, 7) is -1.65. The second kappa shape index (κ2) is 7.84. The average Bonchev–Trinajstić information content (AvgIpc) is 3.10. The number of benzene rings is 1. The number of carbonyl (C=O) groups is 2. The molecule has 0 spiro atoms. The molecule has 2 aromatic heterocycles. The van der Waals surface area contributed by atoms with Crippen LogP contribution >= 0.6 is 11.6 Å². The number of likely N-dealkylation sites (tertiary alicyclic amines) is 1. The topological polar surface area (TPSA) is 78.1 Å². The highest BCUT2D eigenvalue weighted by Gasteiger charge is 2.48. The summed E-state index contributed by atoms with van der Waals surface area (Å²) in [7, 11) is 0. The van der Waals surface area contributed by atoms with Gasteiger partial charge in [-0.25, -0.2) is 22.5 Å². The summed E-state index contributed by atoms with van der Waals surface area (Å²) in [6.07, 6.45) is 0.828. The van der Waals surface area contributed by atoms with E-state index < -0.39 is 60.5 Å². The molecule has 2 amide bonds. The first kappa shape index (κ1) is 21.1. The Labute approximate surface area is 178 Å². The molecule has 1 aliphatic rings. The quantitative estimate of drug-likeness (QED) is 0.581. The van der Waals surface area contributed by atoms with Gasteiger partial charge in [0.15, 0.2) is 0 Å². The number of fused-ring (bicyclic) bond motifs is 1. The van der Waals surface area contributed by atoms with Crippen LogP contribution in [-0.4, -0.2) is 51.7 Å². The lowest BCUT2D eigenvalue weighted by Gasteiger charge is -2.40. The minimum atomic E-state index is -3.03. The Hall–Kier alpha value is -3.14. The van der Waals surface area contributed by atoms with Gasteiger partial charge in [0.25, 0.3) is 11.8 Å². The monoisotopic (exact) mass is 454 g/mol. The molecular formula is C20H15ClF4N4O2. The van der Waals surface area contributed by atoms with Crippen molar-refractivity contribution in [3.8, 4) is 0 Å². The maximum Gasteiger partial charge on any atom is 0.282 e. The maximum atomic E-state index is 14.1. The number of pyridine rings is 1. The number of nitrogens with one attached hydrogen (secondary N) is 2. The summed E-state index contributed by atoms with van der Waals surface area (Å²) in [5.41, 5.74) is -0.0519. The van der Waals surface area contributed by atoms with Crippen molar-refractivity contribution >= 4 is 34.4 Å². The molecule has 0 unspecified atom stereocenters. The summed E-state index contributed by atoms with van der Waals surface area (Å²) in [6, 6.07) is 4.71. The van der Waals surface area contributed by atoms with Gasteiger partial charge < -0.3 is 15.2 Å². The van der Waals surface area contributed by atoms with Crippen molar-refractivity contribution in [2.24, 2.45) is 0 Å². The van der Waals surface area contributed by atoms with Gasteiger partial charge >= 0.3 is 0 Å². The van der Waals surface area contributed by atoms with Crippen LogP contribution in [-0.2, 0) is 11.2 Å². The lowest BCUT2D eigenvalue weighted by atomic mass is 10.0. The number of rotatable bonds is 5. The van der Waals surface area contributed by atoms with Crippen LogP contribution in [0.2, 0.25) is 5.02 Å². The van der Waals surface area contributed by atoms with E-state index in [0.29, 0.717) is 16.1 Å². The Balaban J connectivity index is 1.59. The number of hydrogen-bond acceptors (Lipinski definition) is 3. The van der Waals surface area contributed by atoms with Crippen molar-refractivity contribution in [3.63, 3.8) is 0 Å².